The number of nitrogens with zero attached hydrogens (tertiary/aromatic N) is 5. The number of thioether (sulfide) groups is 1. The predicted molar refractivity (Wildman–Crippen MR) is 121 cm³/mol. The summed E-state index contributed by atoms with van der Waals surface area (Å²) in [6.45, 7) is 2.93. The number of likely N-dealkylation sites (tertiary alicyclic amines) is 1. The number of carbonyl (C=O) groups excluding carboxylic acids is 2. The van der Waals surface area contributed by atoms with E-state index in [2.05, 4.69) is 22.1 Å². The number of amides is 1. The quantitative estimate of drug-likeness (QED) is 0.435. The van der Waals surface area contributed by atoms with Crippen LogP contribution in [0.5, 0.6) is 0 Å². The van der Waals surface area contributed by atoms with Gasteiger partial charge in [0.05, 0.1) is 6.10 Å². The monoisotopic (exact) mass is 451 g/mol. The van der Waals surface area contributed by atoms with Crippen LogP contribution in [0.4, 0.5) is 0 Å². The molecule has 0 saturated carbocycles. The molecule has 2 atom stereocenters. The molecule has 1 aliphatic heterocycles. The molecule has 0 spiro atoms. The summed E-state index contributed by atoms with van der Waals surface area (Å²) >= 11 is 1.60. The molecule has 1 saturated heterocycles. The number of aromatic nitrogens is 4. The third kappa shape index (κ3) is 5.05. The minimum atomic E-state index is -0.483. The van der Waals surface area contributed by atoms with Crippen LogP contribution in [0.15, 0.2) is 54.1 Å². The van der Waals surface area contributed by atoms with Crippen LogP contribution in [0.3, 0.4) is 0 Å². The van der Waals surface area contributed by atoms with Gasteiger partial charge >= 0.3 is 0 Å². The fraction of sp³-hybridized carbons (Fsp3) is 0.348. The Kier molecular flexibility index (Phi) is 6.66. The number of Topliss-reactive ketones (excluding diaryl/α,β-unsaturated/α-hetero) is 1. The third-order valence-electron chi connectivity index (χ3n) is 5.48. The Balaban J connectivity index is 1.44. The molecule has 0 aliphatic carbocycles. The van der Waals surface area contributed by atoms with Crippen molar-refractivity contribution in [3.05, 3.63) is 71.3 Å². The molecule has 8 nitrogen and oxygen atoms in total. The Morgan fingerprint density at radius 2 is 2.12 bits per heavy atom. The average molecular weight is 452 g/mol. The lowest BCUT2D eigenvalue weighted by Gasteiger charge is -2.15. The molecule has 9 heteroatoms. The van der Waals surface area contributed by atoms with Crippen LogP contribution in [-0.4, -0.2) is 60.6 Å². The number of β-amino-alcohol motifs (C(OH)–C–C–N with tert-alkyl or cyclic N) is 1. The Morgan fingerprint density at radius 1 is 1.28 bits per heavy atom. The number of rotatable bonds is 7. The van der Waals surface area contributed by atoms with E-state index in [1.807, 2.05) is 35.9 Å². The zero-order valence-electron chi connectivity index (χ0n) is 18.0. The summed E-state index contributed by atoms with van der Waals surface area (Å²) < 4.78 is 1.87. The van der Waals surface area contributed by atoms with Crippen molar-refractivity contribution >= 4 is 23.5 Å². The Morgan fingerprint density at radius 3 is 2.84 bits per heavy atom. The highest BCUT2D eigenvalue weighted by atomic mass is 32.2. The fourth-order valence-corrected chi connectivity index (χ4v) is 4.57. The maximum atomic E-state index is 12.9. The van der Waals surface area contributed by atoms with Crippen molar-refractivity contribution in [2.45, 2.75) is 36.3 Å². The summed E-state index contributed by atoms with van der Waals surface area (Å²) in [5, 5.41) is 18.7. The second kappa shape index (κ2) is 9.62. The highest BCUT2D eigenvalue weighted by Gasteiger charge is 2.26. The molecular weight excluding hydrogens is 426 g/mol. The molecule has 32 heavy (non-hydrogen) atoms. The molecular formula is C23H25N5O3S. The van der Waals surface area contributed by atoms with Gasteiger partial charge in [0.25, 0.3) is 5.91 Å². The first-order chi connectivity index (χ1) is 15.4. The van der Waals surface area contributed by atoms with Gasteiger partial charge < -0.3 is 14.6 Å². The van der Waals surface area contributed by atoms with Gasteiger partial charge in [0.15, 0.2) is 10.9 Å². The van der Waals surface area contributed by atoms with Crippen molar-refractivity contribution in [1.29, 1.82) is 0 Å². The minimum Gasteiger partial charge on any atom is -0.391 e. The summed E-state index contributed by atoms with van der Waals surface area (Å²) in [5.41, 5.74) is 2.66. The van der Waals surface area contributed by atoms with Crippen molar-refractivity contribution < 1.29 is 14.7 Å². The van der Waals surface area contributed by atoms with Crippen LogP contribution < -0.4 is 0 Å². The summed E-state index contributed by atoms with van der Waals surface area (Å²) in [7, 11) is 1.90. The molecule has 0 unspecified atom stereocenters. The maximum Gasteiger partial charge on any atom is 0.254 e. The Hall–Kier alpha value is -3.04. The van der Waals surface area contributed by atoms with Crippen LogP contribution in [0, 0.1) is 0 Å². The van der Waals surface area contributed by atoms with Gasteiger partial charge in [0.1, 0.15) is 12.0 Å². The molecule has 3 aromatic rings. The van der Waals surface area contributed by atoms with Gasteiger partial charge in [0.2, 0.25) is 0 Å². The zero-order chi connectivity index (χ0) is 22.7. The van der Waals surface area contributed by atoms with E-state index in [4.69, 9.17) is 0 Å². The second-order valence-electron chi connectivity index (χ2n) is 7.95. The van der Waals surface area contributed by atoms with Gasteiger partial charge in [-0.3, -0.25) is 14.6 Å². The first-order valence-corrected chi connectivity index (χ1v) is 11.3. The number of pyridine rings is 1. The van der Waals surface area contributed by atoms with Crippen molar-refractivity contribution in [3.8, 4) is 0 Å². The molecule has 4 rings (SSSR count). The topological polar surface area (TPSA) is 101 Å². The SMILES string of the molecule is C[C@H](Sc1nncn1C)c1cccc(CC(=O)c2cc(C(=O)N3CC[C@H](O)C3)ccn2)c1. The first-order valence-electron chi connectivity index (χ1n) is 10.5. The van der Waals surface area contributed by atoms with Gasteiger partial charge in [-0.25, -0.2) is 0 Å². The van der Waals surface area contributed by atoms with Crippen molar-refractivity contribution in [1.82, 2.24) is 24.6 Å². The lowest BCUT2D eigenvalue weighted by Crippen LogP contribution is -2.29. The molecule has 0 radical (unpaired) electrons. The molecule has 3 heterocycles. The van der Waals surface area contributed by atoms with Crippen LogP contribution >= 0.6 is 11.8 Å². The molecule has 1 aliphatic rings. The largest absolute Gasteiger partial charge is 0.391 e. The van der Waals surface area contributed by atoms with Gasteiger partial charge in [-0.15, -0.1) is 10.2 Å². The smallest absolute Gasteiger partial charge is 0.254 e. The van der Waals surface area contributed by atoms with Crippen LogP contribution in [0.1, 0.15) is 50.6 Å². The van der Waals surface area contributed by atoms with E-state index in [0.29, 0.717) is 25.1 Å². The van der Waals surface area contributed by atoms with E-state index in [0.717, 1.165) is 16.3 Å². The number of carbonyl (C=O) groups is 2. The van der Waals surface area contributed by atoms with Crippen LogP contribution in [0.2, 0.25) is 0 Å². The van der Waals surface area contributed by atoms with E-state index in [9.17, 15) is 14.7 Å². The number of benzene rings is 1. The standard InChI is InChI=1S/C23H25N5O3S/c1-15(32-23-26-25-14-27(23)2)17-5-3-4-16(10-17)11-21(30)20-12-18(6-8-24-20)22(31)28-9-7-19(29)13-28/h3-6,8,10,12,14-15,19,29H,7,9,11,13H2,1-2H3/t15-,19-/m0/s1. The highest BCUT2D eigenvalue weighted by Crippen LogP contribution is 2.33. The van der Waals surface area contributed by atoms with Gasteiger partial charge in [0, 0.05) is 43.6 Å². The van der Waals surface area contributed by atoms with Crippen molar-refractivity contribution in [2.24, 2.45) is 7.05 Å². The molecule has 1 amide bonds. The van der Waals surface area contributed by atoms with E-state index < -0.39 is 6.10 Å². The van der Waals surface area contributed by atoms with Crippen molar-refractivity contribution in [2.75, 3.05) is 13.1 Å². The minimum absolute atomic E-state index is 0.142. The summed E-state index contributed by atoms with van der Waals surface area (Å²) in [6.07, 6.45) is 3.45. The molecule has 1 N–H and O–H groups in total. The van der Waals surface area contributed by atoms with Gasteiger partial charge in [-0.1, -0.05) is 36.0 Å². The summed E-state index contributed by atoms with van der Waals surface area (Å²) in [4.78, 5) is 31.3. The van der Waals surface area contributed by atoms with E-state index in [1.165, 1.54) is 6.20 Å². The number of ketones is 1. The normalized spacial score (nSPS) is 16.8. The molecule has 2 aromatic heterocycles. The van der Waals surface area contributed by atoms with Crippen LogP contribution in [0.25, 0.3) is 0 Å². The Labute approximate surface area is 190 Å². The molecule has 1 fully saturated rings. The summed E-state index contributed by atoms with van der Waals surface area (Å²) in [5.74, 6) is -0.332. The zero-order valence-corrected chi connectivity index (χ0v) is 18.8. The fourth-order valence-electron chi connectivity index (χ4n) is 3.66. The molecule has 0 bridgehead atoms. The highest BCUT2D eigenvalue weighted by molar-refractivity contribution is 7.99. The summed E-state index contributed by atoms with van der Waals surface area (Å²) in [6, 6.07) is 11.1. The van der Waals surface area contributed by atoms with E-state index in [-0.39, 0.29) is 29.1 Å². The van der Waals surface area contributed by atoms with Crippen LogP contribution in [-0.2, 0) is 13.5 Å². The van der Waals surface area contributed by atoms with Gasteiger partial charge in [-0.2, -0.15) is 0 Å². The number of aryl methyl sites for hydroxylation is 1. The second-order valence-corrected chi connectivity index (χ2v) is 9.26. The molecule has 1 aromatic carbocycles. The predicted octanol–water partition coefficient (Wildman–Crippen LogP) is 2.70. The Bertz CT molecular complexity index is 1130. The van der Waals surface area contributed by atoms with Gasteiger partial charge in [-0.05, 0) is 36.6 Å². The van der Waals surface area contributed by atoms with Crippen molar-refractivity contribution in [3.63, 3.8) is 0 Å². The van der Waals surface area contributed by atoms with E-state index >= 15 is 0 Å². The number of hydrogen-bond acceptors (Lipinski definition) is 7. The maximum absolute atomic E-state index is 12.9. The third-order valence-corrected chi connectivity index (χ3v) is 6.69. The first kappa shape index (κ1) is 22.2. The average Bonchev–Trinajstić information content (AvgIpc) is 3.41. The number of aliphatic hydroxyl groups excluding tert-OH is 1. The van der Waals surface area contributed by atoms with E-state index in [1.54, 1.807) is 35.1 Å². The lowest BCUT2D eigenvalue weighted by atomic mass is 10.0. The number of aliphatic hydroxyl groups is 1. The molecule has 166 valence electrons. The number of hydrogen-bond donors (Lipinski definition) is 1. The lowest BCUT2D eigenvalue weighted by molar-refractivity contribution is 0.0765.